The Labute approximate surface area is 129 Å². The van der Waals surface area contributed by atoms with Crippen LogP contribution in [0.3, 0.4) is 0 Å². The normalized spacial score (nSPS) is 23.9. The molecule has 1 aliphatic carbocycles. The molecule has 0 atom stereocenters. The van der Waals surface area contributed by atoms with Gasteiger partial charge in [-0.3, -0.25) is 4.79 Å². The molecule has 1 rings (SSSR count). The zero-order valence-electron chi connectivity index (χ0n) is 14.0. The molecule has 1 saturated carbocycles. The molecule has 0 heterocycles. The van der Waals surface area contributed by atoms with Crippen molar-refractivity contribution >= 4 is 15.7 Å². The Balaban J connectivity index is 2.62. The maximum Gasteiger partial charge on any atom is 0.243 e. The van der Waals surface area contributed by atoms with Gasteiger partial charge in [0.15, 0.2) is 9.84 Å². The SMILES string of the molecule is CCCNC1CCC(N(C)C(=O)C(C)(C)S(C)(=O)=O)CC1. The van der Waals surface area contributed by atoms with Crippen LogP contribution in [0.15, 0.2) is 0 Å². The lowest BCUT2D eigenvalue weighted by atomic mass is 9.90. The number of nitrogens with one attached hydrogen (secondary N) is 1. The van der Waals surface area contributed by atoms with E-state index in [-0.39, 0.29) is 11.9 Å². The average Bonchev–Trinajstić information content (AvgIpc) is 2.42. The molecule has 5 nitrogen and oxygen atoms in total. The van der Waals surface area contributed by atoms with Crippen molar-refractivity contribution in [2.24, 2.45) is 0 Å². The number of carbonyl (C=O) groups excluding carboxylic acids is 1. The van der Waals surface area contributed by atoms with E-state index >= 15 is 0 Å². The summed E-state index contributed by atoms with van der Waals surface area (Å²) in [5.74, 6) is -0.296. The molecule has 0 radical (unpaired) electrons. The van der Waals surface area contributed by atoms with Crippen LogP contribution in [0.1, 0.15) is 52.9 Å². The van der Waals surface area contributed by atoms with Crippen molar-refractivity contribution in [2.45, 2.75) is 69.7 Å². The standard InChI is InChI=1S/C15H30N2O3S/c1-6-11-16-12-7-9-13(10-8-12)17(4)14(18)15(2,3)21(5,19)20/h12-13,16H,6-11H2,1-5H3. The maximum absolute atomic E-state index is 12.5. The van der Waals surface area contributed by atoms with Gasteiger partial charge in [-0.05, 0) is 52.5 Å². The third-order valence-electron chi connectivity index (χ3n) is 4.69. The van der Waals surface area contributed by atoms with Crippen LogP contribution in [0.2, 0.25) is 0 Å². The van der Waals surface area contributed by atoms with Gasteiger partial charge >= 0.3 is 0 Å². The molecule has 0 aromatic heterocycles. The van der Waals surface area contributed by atoms with Gasteiger partial charge in [0.25, 0.3) is 0 Å². The summed E-state index contributed by atoms with van der Waals surface area (Å²) >= 11 is 0. The highest BCUT2D eigenvalue weighted by molar-refractivity contribution is 7.92. The van der Waals surface area contributed by atoms with Crippen molar-refractivity contribution in [3.8, 4) is 0 Å². The number of rotatable bonds is 6. The van der Waals surface area contributed by atoms with Gasteiger partial charge in [-0.1, -0.05) is 6.92 Å². The topological polar surface area (TPSA) is 66.5 Å². The van der Waals surface area contributed by atoms with Crippen LogP contribution in [0.4, 0.5) is 0 Å². The summed E-state index contributed by atoms with van der Waals surface area (Å²) in [7, 11) is -1.68. The molecule has 1 amide bonds. The van der Waals surface area contributed by atoms with Crippen LogP contribution < -0.4 is 5.32 Å². The lowest BCUT2D eigenvalue weighted by Gasteiger charge is -2.38. The van der Waals surface area contributed by atoms with Gasteiger partial charge < -0.3 is 10.2 Å². The van der Waals surface area contributed by atoms with Gasteiger partial charge in [0, 0.05) is 25.4 Å². The second-order valence-corrected chi connectivity index (χ2v) is 9.22. The van der Waals surface area contributed by atoms with Crippen molar-refractivity contribution in [1.82, 2.24) is 10.2 Å². The fourth-order valence-corrected chi connectivity index (χ4v) is 3.23. The minimum absolute atomic E-state index is 0.151. The van der Waals surface area contributed by atoms with Crippen LogP contribution in [0.5, 0.6) is 0 Å². The van der Waals surface area contributed by atoms with E-state index < -0.39 is 14.6 Å². The lowest BCUT2D eigenvalue weighted by Crippen LogP contribution is -2.52. The highest BCUT2D eigenvalue weighted by Crippen LogP contribution is 2.26. The Bertz CT molecular complexity index is 452. The predicted molar refractivity (Wildman–Crippen MR) is 86.0 cm³/mol. The molecule has 124 valence electrons. The second-order valence-electron chi connectivity index (χ2n) is 6.66. The molecular formula is C15H30N2O3S. The lowest BCUT2D eigenvalue weighted by molar-refractivity contribution is -0.134. The first-order valence-electron chi connectivity index (χ1n) is 7.81. The first-order chi connectivity index (χ1) is 9.61. The molecule has 0 aromatic carbocycles. The van der Waals surface area contributed by atoms with Crippen molar-refractivity contribution < 1.29 is 13.2 Å². The van der Waals surface area contributed by atoms with Crippen molar-refractivity contribution in [3.05, 3.63) is 0 Å². The molecule has 1 fully saturated rings. The van der Waals surface area contributed by atoms with Gasteiger partial charge in [0.1, 0.15) is 4.75 Å². The summed E-state index contributed by atoms with van der Waals surface area (Å²) < 4.78 is 22.2. The number of hydrogen-bond donors (Lipinski definition) is 1. The van der Waals surface area contributed by atoms with Gasteiger partial charge in [0.05, 0.1) is 0 Å². The third kappa shape index (κ3) is 4.42. The minimum atomic E-state index is -3.41. The van der Waals surface area contributed by atoms with Crippen molar-refractivity contribution in [1.29, 1.82) is 0 Å². The van der Waals surface area contributed by atoms with Crippen molar-refractivity contribution in [2.75, 3.05) is 19.8 Å². The van der Waals surface area contributed by atoms with Crippen molar-refractivity contribution in [3.63, 3.8) is 0 Å². The third-order valence-corrected chi connectivity index (χ3v) is 6.72. The fourth-order valence-electron chi connectivity index (χ4n) is 2.76. The van der Waals surface area contributed by atoms with Crippen LogP contribution >= 0.6 is 0 Å². The quantitative estimate of drug-likeness (QED) is 0.807. The van der Waals surface area contributed by atoms with E-state index in [4.69, 9.17) is 0 Å². The van der Waals surface area contributed by atoms with E-state index in [0.717, 1.165) is 44.9 Å². The highest BCUT2D eigenvalue weighted by Gasteiger charge is 2.42. The highest BCUT2D eigenvalue weighted by atomic mass is 32.2. The average molecular weight is 318 g/mol. The van der Waals surface area contributed by atoms with Gasteiger partial charge in [-0.2, -0.15) is 0 Å². The first kappa shape index (κ1) is 18.4. The molecule has 0 saturated heterocycles. The first-order valence-corrected chi connectivity index (χ1v) is 9.70. The van der Waals surface area contributed by atoms with Gasteiger partial charge in [-0.25, -0.2) is 8.42 Å². The number of carbonyl (C=O) groups is 1. The summed E-state index contributed by atoms with van der Waals surface area (Å²) in [6, 6.07) is 0.686. The molecule has 1 aliphatic rings. The van der Waals surface area contributed by atoms with Crippen LogP contribution in [0.25, 0.3) is 0 Å². The zero-order chi connectivity index (χ0) is 16.3. The van der Waals surface area contributed by atoms with E-state index in [2.05, 4.69) is 12.2 Å². The van der Waals surface area contributed by atoms with Crippen LogP contribution in [-0.2, 0) is 14.6 Å². The Morgan fingerprint density at radius 1 is 1.24 bits per heavy atom. The monoisotopic (exact) mass is 318 g/mol. The molecule has 0 bridgehead atoms. The van der Waals surface area contributed by atoms with E-state index in [1.807, 2.05) is 0 Å². The van der Waals surface area contributed by atoms with E-state index in [0.29, 0.717) is 6.04 Å². The van der Waals surface area contributed by atoms with E-state index in [9.17, 15) is 13.2 Å². The number of nitrogens with zero attached hydrogens (tertiary/aromatic N) is 1. The Hall–Kier alpha value is -0.620. The largest absolute Gasteiger partial charge is 0.341 e. The Morgan fingerprint density at radius 3 is 2.19 bits per heavy atom. The van der Waals surface area contributed by atoms with Gasteiger partial charge in [0.2, 0.25) is 5.91 Å². The Kier molecular flexibility index (Phi) is 6.23. The summed E-state index contributed by atoms with van der Waals surface area (Å²) in [6.07, 6.45) is 6.21. The minimum Gasteiger partial charge on any atom is -0.341 e. The number of amides is 1. The molecule has 1 N–H and O–H groups in total. The van der Waals surface area contributed by atoms with E-state index in [1.165, 1.54) is 13.8 Å². The smallest absolute Gasteiger partial charge is 0.243 e. The Morgan fingerprint density at radius 2 is 1.76 bits per heavy atom. The van der Waals surface area contributed by atoms with Crippen LogP contribution in [0, 0.1) is 0 Å². The van der Waals surface area contributed by atoms with Gasteiger partial charge in [-0.15, -0.1) is 0 Å². The molecule has 0 aliphatic heterocycles. The number of sulfone groups is 1. The fraction of sp³-hybridized carbons (Fsp3) is 0.933. The molecule has 0 unspecified atom stereocenters. The predicted octanol–water partition coefficient (Wildman–Crippen LogP) is 1.58. The molecule has 0 spiro atoms. The van der Waals surface area contributed by atoms with Crippen LogP contribution in [-0.4, -0.2) is 55.9 Å². The number of hydrogen-bond acceptors (Lipinski definition) is 4. The maximum atomic E-state index is 12.5. The second kappa shape index (κ2) is 7.09. The molecule has 6 heteroatoms. The summed E-state index contributed by atoms with van der Waals surface area (Å²) in [5, 5.41) is 3.52. The molecular weight excluding hydrogens is 288 g/mol. The molecule has 0 aromatic rings. The summed E-state index contributed by atoms with van der Waals surface area (Å²) in [5.41, 5.74) is 0. The summed E-state index contributed by atoms with van der Waals surface area (Å²) in [4.78, 5) is 14.1. The zero-order valence-corrected chi connectivity index (χ0v) is 14.8. The van der Waals surface area contributed by atoms with E-state index in [1.54, 1.807) is 11.9 Å². The summed E-state index contributed by atoms with van der Waals surface area (Å²) in [6.45, 7) is 6.18. The molecule has 21 heavy (non-hydrogen) atoms.